The van der Waals surface area contributed by atoms with Crippen LogP contribution in [0.25, 0.3) is 10.2 Å². The van der Waals surface area contributed by atoms with Gasteiger partial charge in [0, 0.05) is 5.57 Å². The molecule has 1 N–H and O–H groups in total. The first-order valence-electron chi connectivity index (χ1n) is 6.29. The summed E-state index contributed by atoms with van der Waals surface area (Å²) in [5, 5.41) is 3.52. The van der Waals surface area contributed by atoms with Crippen LogP contribution in [0.1, 0.15) is 0 Å². The maximum absolute atomic E-state index is 12.3. The number of hydrogen-bond acceptors (Lipinski definition) is 3. The number of nitrogens with zero attached hydrogens (tertiary/aromatic N) is 1. The second kappa shape index (κ2) is 4.28. The van der Waals surface area contributed by atoms with E-state index in [4.69, 9.17) is 0 Å². The van der Waals surface area contributed by atoms with E-state index in [1.54, 1.807) is 0 Å². The Balaban J connectivity index is 1.65. The van der Waals surface area contributed by atoms with Crippen molar-refractivity contribution in [1.82, 2.24) is 4.98 Å². The molecule has 0 aliphatic heterocycles. The maximum atomic E-state index is 12.3. The van der Waals surface area contributed by atoms with Crippen molar-refractivity contribution in [2.75, 3.05) is 5.32 Å². The molecule has 3 nitrogen and oxygen atoms in total. The molecule has 1 aromatic heterocycles. The summed E-state index contributed by atoms with van der Waals surface area (Å²) < 4.78 is 1.07. The lowest BCUT2D eigenvalue weighted by atomic mass is 10.1. The predicted octanol–water partition coefficient (Wildman–Crippen LogP) is 3.60. The van der Waals surface area contributed by atoms with Crippen molar-refractivity contribution in [2.24, 2.45) is 0 Å². The van der Waals surface area contributed by atoms with Gasteiger partial charge in [0.15, 0.2) is 5.13 Å². The standard InChI is InChI=1S/C16H10N2OS/c19-15(12-9-8-10-4-3-5-11(10)12)18-16-17-13-6-1-2-7-14(13)20-16/h1-9H,(H,17,18,19). The SMILES string of the molecule is O=C(Nc1nc2ccccc2s1)C1=C2C=CC=C2C=C1. The molecule has 0 spiro atoms. The molecule has 20 heavy (non-hydrogen) atoms. The molecule has 1 amide bonds. The maximum Gasteiger partial charge on any atom is 0.258 e. The van der Waals surface area contributed by atoms with Crippen LogP contribution >= 0.6 is 11.3 Å². The van der Waals surface area contributed by atoms with Gasteiger partial charge in [-0.25, -0.2) is 4.98 Å². The third kappa shape index (κ3) is 1.73. The Morgan fingerprint density at radius 3 is 2.95 bits per heavy atom. The van der Waals surface area contributed by atoms with E-state index >= 15 is 0 Å². The van der Waals surface area contributed by atoms with Crippen molar-refractivity contribution in [3.05, 3.63) is 71.4 Å². The minimum Gasteiger partial charge on any atom is -0.298 e. The molecular weight excluding hydrogens is 268 g/mol. The monoisotopic (exact) mass is 278 g/mol. The summed E-state index contributed by atoms with van der Waals surface area (Å²) >= 11 is 1.49. The van der Waals surface area contributed by atoms with Crippen molar-refractivity contribution < 1.29 is 4.79 Å². The van der Waals surface area contributed by atoms with Crippen LogP contribution in [0.2, 0.25) is 0 Å². The van der Waals surface area contributed by atoms with Gasteiger partial charge in [-0.15, -0.1) is 0 Å². The van der Waals surface area contributed by atoms with E-state index in [0.29, 0.717) is 10.7 Å². The molecule has 0 atom stereocenters. The van der Waals surface area contributed by atoms with Crippen LogP contribution in [0.3, 0.4) is 0 Å². The number of allylic oxidation sites excluding steroid dienone is 6. The number of thiazole rings is 1. The molecule has 4 heteroatoms. The van der Waals surface area contributed by atoms with Crippen LogP contribution in [-0.2, 0) is 4.79 Å². The average Bonchev–Trinajstić information content (AvgIpc) is 3.12. The average molecular weight is 278 g/mol. The fourth-order valence-corrected chi connectivity index (χ4v) is 3.24. The molecule has 0 unspecified atom stereocenters. The van der Waals surface area contributed by atoms with E-state index < -0.39 is 0 Å². The number of aromatic nitrogens is 1. The van der Waals surface area contributed by atoms with Crippen molar-refractivity contribution in [1.29, 1.82) is 0 Å². The summed E-state index contributed by atoms with van der Waals surface area (Å²) in [7, 11) is 0. The van der Waals surface area contributed by atoms with Gasteiger partial charge in [0.25, 0.3) is 5.91 Å². The van der Waals surface area contributed by atoms with Gasteiger partial charge in [0.1, 0.15) is 0 Å². The number of para-hydroxylation sites is 1. The van der Waals surface area contributed by atoms with Crippen molar-refractivity contribution in [3.8, 4) is 0 Å². The lowest BCUT2D eigenvalue weighted by Crippen LogP contribution is -2.13. The normalized spacial score (nSPS) is 15.9. The summed E-state index contributed by atoms with van der Waals surface area (Å²) in [6.07, 6.45) is 9.74. The Kier molecular flexibility index (Phi) is 2.44. The molecular formula is C16H10N2OS. The summed E-state index contributed by atoms with van der Waals surface area (Å²) in [5.74, 6) is -0.106. The molecule has 0 saturated carbocycles. The number of anilines is 1. The molecule has 0 bridgehead atoms. The Morgan fingerprint density at radius 1 is 1.15 bits per heavy atom. The number of carbonyl (C=O) groups is 1. The highest BCUT2D eigenvalue weighted by Gasteiger charge is 2.20. The smallest absolute Gasteiger partial charge is 0.258 e. The van der Waals surface area contributed by atoms with Gasteiger partial charge in [0.05, 0.1) is 10.2 Å². The molecule has 1 heterocycles. The van der Waals surface area contributed by atoms with Gasteiger partial charge >= 0.3 is 0 Å². The van der Waals surface area contributed by atoms with Crippen LogP contribution < -0.4 is 5.32 Å². The molecule has 4 rings (SSSR count). The minimum atomic E-state index is -0.106. The van der Waals surface area contributed by atoms with Gasteiger partial charge < -0.3 is 0 Å². The van der Waals surface area contributed by atoms with Crippen LogP contribution in [0.15, 0.2) is 71.4 Å². The van der Waals surface area contributed by atoms with Gasteiger partial charge in [-0.3, -0.25) is 10.1 Å². The predicted molar refractivity (Wildman–Crippen MR) is 81.6 cm³/mol. The molecule has 2 aliphatic rings. The van der Waals surface area contributed by atoms with E-state index in [1.165, 1.54) is 11.3 Å². The second-order valence-corrected chi connectivity index (χ2v) is 5.61. The first kappa shape index (κ1) is 11.4. The molecule has 96 valence electrons. The van der Waals surface area contributed by atoms with E-state index in [1.807, 2.05) is 54.6 Å². The lowest BCUT2D eigenvalue weighted by molar-refractivity contribution is -0.112. The summed E-state index contributed by atoms with van der Waals surface area (Å²) in [6, 6.07) is 7.86. The van der Waals surface area contributed by atoms with Gasteiger partial charge in [-0.2, -0.15) is 0 Å². The number of amides is 1. The zero-order valence-electron chi connectivity index (χ0n) is 10.5. The zero-order valence-corrected chi connectivity index (χ0v) is 11.3. The number of nitrogens with one attached hydrogen (secondary N) is 1. The first-order chi connectivity index (χ1) is 9.81. The number of carbonyl (C=O) groups excluding carboxylic acids is 1. The number of hydrogen-bond donors (Lipinski definition) is 1. The Morgan fingerprint density at radius 2 is 2.05 bits per heavy atom. The fraction of sp³-hybridized carbons (Fsp3) is 0. The number of fused-ring (bicyclic) bond motifs is 2. The summed E-state index contributed by atoms with van der Waals surface area (Å²) in [6.45, 7) is 0. The number of rotatable bonds is 2. The molecule has 0 radical (unpaired) electrons. The molecule has 0 saturated heterocycles. The third-order valence-electron chi connectivity index (χ3n) is 3.33. The lowest BCUT2D eigenvalue weighted by Gasteiger charge is -2.02. The van der Waals surface area contributed by atoms with Crippen LogP contribution in [0, 0.1) is 0 Å². The van der Waals surface area contributed by atoms with Crippen molar-refractivity contribution in [3.63, 3.8) is 0 Å². The van der Waals surface area contributed by atoms with Crippen LogP contribution in [0.4, 0.5) is 5.13 Å². The topological polar surface area (TPSA) is 42.0 Å². The fourth-order valence-electron chi connectivity index (χ4n) is 2.38. The highest BCUT2D eigenvalue weighted by Crippen LogP contribution is 2.31. The zero-order chi connectivity index (χ0) is 13.5. The van der Waals surface area contributed by atoms with Crippen molar-refractivity contribution in [2.45, 2.75) is 0 Å². The van der Waals surface area contributed by atoms with Crippen molar-refractivity contribution >= 4 is 32.6 Å². The van der Waals surface area contributed by atoms with E-state index in [9.17, 15) is 4.79 Å². The van der Waals surface area contributed by atoms with E-state index in [0.717, 1.165) is 21.4 Å². The Hall–Kier alpha value is -2.46. The van der Waals surface area contributed by atoms with E-state index in [-0.39, 0.29) is 5.91 Å². The summed E-state index contributed by atoms with van der Waals surface area (Å²) in [4.78, 5) is 16.7. The van der Waals surface area contributed by atoms with E-state index in [2.05, 4.69) is 10.3 Å². The van der Waals surface area contributed by atoms with Gasteiger partial charge in [-0.05, 0) is 29.4 Å². The van der Waals surface area contributed by atoms with Crippen LogP contribution in [0.5, 0.6) is 0 Å². The molecule has 2 aromatic rings. The number of benzene rings is 1. The Bertz CT molecular complexity index is 819. The second-order valence-electron chi connectivity index (χ2n) is 4.58. The Labute approximate surface area is 119 Å². The van der Waals surface area contributed by atoms with Gasteiger partial charge in [0.2, 0.25) is 0 Å². The molecule has 2 aliphatic carbocycles. The summed E-state index contributed by atoms with van der Waals surface area (Å²) in [5.41, 5.74) is 3.70. The molecule has 0 fully saturated rings. The van der Waals surface area contributed by atoms with Gasteiger partial charge in [-0.1, -0.05) is 47.8 Å². The highest BCUT2D eigenvalue weighted by molar-refractivity contribution is 7.22. The quantitative estimate of drug-likeness (QED) is 0.912. The molecule has 1 aromatic carbocycles. The van der Waals surface area contributed by atoms with Crippen LogP contribution in [-0.4, -0.2) is 10.9 Å². The highest BCUT2D eigenvalue weighted by atomic mass is 32.1. The first-order valence-corrected chi connectivity index (χ1v) is 7.11. The largest absolute Gasteiger partial charge is 0.298 e. The third-order valence-corrected chi connectivity index (χ3v) is 4.28. The minimum absolute atomic E-state index is 0.106.